The Morgan fingerprint density at radius 3 is 2.50 bits per heavy atom. The van der Waals surface area contributed by atoms with Gasteiger partial charge in [0.15, 0.2) is 0 Å². The summed E-state index contributed by atoms with van der Waals surface area (Å²) >= 11 is 0. The number of alkyl halides is 2. The van der Waals surface area contributed by atoms with Gasteiger partial charge < -0.3 is 15.6 Å². The van der Waals surface area contributed by atoms with Gasteiger partial charge in [-0.2, -0.15) is 0 Å². The monoisotopic (exact) mass is 212 g/mol. The summed E-state index contributed by atoms with van der Waals surface area (Å²) in [7, 11) is 0. The zero-order valence-corrected chi connectivity index (χ0v) is 8.16. The Morgan fingerprint density at radius 1 is 1.29 bits per heavy atom. The van der Waals surface area contributed by atoms with Crippen molar-refractivity contribution in [1.29, 1.82) is 0 Å². The molecule has 3 N–H and O–H groups in total. The van der Waals surface area contributed by atoms with Gasteiger partial charge in [-0.25, -0.2) is 8.78 Å². The van der Waals surface area contributed by atoms with E-state index in [1.165, 1.54) is 0 Å². The molecule has 0 heterocycles. The SMILES string of the molecule is NCCN(CCOCCO)CC(F)F. The lowest BCUT2D eigenvalue weighted by Gasteiger charge is -2.20. The first-order valence-corrected chi connectivity index (χ1v) is 4.60. The van der Waals surface area contributed by atoms with Crippen molar-refractivity contribution in [3.05, 3.63) is 0 Å². The molecule has 0 amide bonds. The van der Waals surface area contributed by atoms with Crippen molar-refractivity contribution in [3.8, 4) is 0 Å². The number of nitrogens with zero attached hydrogens (tertiary/aromatic N) is 1. The zero-order chi connectivity index (χ0) is 10.8. The van der Waals surface area contributed by atoms with Crippen LogP contribution in [0.25, 0.3) is 0 Å². The third kappa shape index (κ3) is 8.31. The molecule has 0 atom stereocenters. The number of nitrogens with two attached hydrogens (primary N) is 1. The molecular weight excluding hydrogens is 194 g/mol. The second-order valence-electron chi connectivity index (χ2n) is 2.82. The number of aliphatic hydroxyl groups is 1. The summed E-state index contributed by atoms with van der Waals surface area (Å²) in [4.78, 5) is 1.54. The van der Waals surface area contributed by atoms with Crippen LogP contribution in [0.5, 0.6) is 0 Å². The first-order valence-electron chi connectivity index (χ1n) is 4.60. The number of ether oxygens (including phenoxy) is 1. The van der Waals surface area contributed by atoms with Gasteiger partial charge in [-0.05, 0) is 0 Å². The average molecular weight is 212 g/mol. The maximum Gasteiger partial charge on any atom is 0.251 e. The molecule has 0 saturated heterocycles. The Kier molecular flexibility index (Phi) is 9.06. The van der Waals surface area contributed by atoms with E-state index >= 15 is 0 Å². The number of rotatable bonds is 9. The second kappa shape index (κ2) is 9.26. The minimum absolute atomic E-state index is 0.0499. The number of hydrogen-bond donors (Lipinski definition) is 2. The second-order valence-corrected chi connectivity index (χ2v) is 2.82. The van der Waals surface area contributed by atoms with E-state index in [4.69, 9.17) is 15.6 Å². The topological polar surface area (TPSA) is 58.7 Å². The fourth-order valence-electron chi connectivity index (χ4n) is 1.03. The fourth-order valence-corrected chi connectivity index (χ4v) is 1.03. The normalized spacial score (nSPS) is 11.6. The highest BCUT2D eigenvalue weighted by Crippen LogP contribution is 1.97. The van der Waals surface area contributed by atoms with E-state index in [1.54, 1.807) is 4.90 Å². The Labute approximate surface area is 82.6 Å². The number of halogens is 2. The predicted molar refractivity (Wildman–Crippen MR) is 49.4 cm³/mol. The summed E-state index contributed by atoms with van der Waals surface area (Å²) in [6.07, 6.45) is -2.35. The van der Waals surface area contributed by atoms with Crippen molar-refractivity contribution in [2.75, 3.05) is 46.0 Å². The first-order chi connectivity index (χ1) is 6.70. The van der Waals surface area contributed by atoms with Gasteiger partial charge in [0, 0.05) is 19.6 Å². The van der Waals surface area contributed by atoms with Crippen molar-refractivity contribution >= 4 is 0 Å². The molecule has 6 heteroatoms. The van der Waals surface area contributed by atoms with E-state index in [9.17, 15) is 8.78 Å². The fraction of sp³-hybridized carbons (Fsp3) is 1.00. The molecule has 0 saturated carbocycles. The van der Waals surface area contributed by atoms with Gasteiger partial charge in [-0.1, -0.05) is 0 Å². The van der Waals surface area contributed by atoms with Crippen LogP contribution < -0.4 is 5.73 Å². The average Bonchev–Trinajstić information content (AvgIpc) is 2.12. The highest BCUT2D eigenvalue weighted by molar-refractivity contribution is 4.59. The third-order valence-electron chi connectivity index (χ3n) is 1.63. The molecule has 0 aromatic heterocycles. The summed E-state index contributed by atoms with van der Waals surface area (Å²) in [6.45, 7) is 1.46. The van der Waals surface area contributed by atoms with E-state index in [2.05, 4.69) is 0 Å². The van der Waals surface area contributed by atoms with E-state index < -0.39 is 6.43 Å². The van der Waals surface area contributed by atoms with Crippen LogP contribution in [0, 0.1) is 0 Å². The molecule has 0 aliphatic rings. The summed E-state index contributed by atoms with van der Waals surface area (Å²) in [5.41, 5.74) is 5.27. The molecule has 0 unspecified atom stereocenters. The number of aliphatic hydroxyl groups excluding tert-OH is 1. The van der Waals surface area contributed by atoms with Crippen molar-refractivity contribution in [3.63, 3.8) is 0 Å². The van der Waals surface area contributed by atoms with E-state index in [0.29, 0.717) is 26.2 Å². The molecule has 0 aliphatic carbocycles. The summed E-state index contributed by atoms with van der Waals surface area (Å²) < 4.78 is 29.0. The largest absolute Gasteiger partial charge is 0.394 e. The van der Waals surface area contributed by atoms with Gasteiger partial charge in [0.25, 0.3) is 6.43 Å². The number of hydrogen-bond acceptors (Lipinski definition) is 4. The Balaban J connectivity index is 3.51. The van der Waals surface area contributed by atoms with Gasteiger partial charge in [0.1, 0.15) is 0 Å². The van der Waals surface area contributed by atoms with Crippen molar-refractivity contribution in [1.82, 2.24) is 4.90 Å². The Bertz CT molecular complexity index is 128. The third-order valence-corrected chi connectivity index (χ3v) is 1.63. The molecule has 0 fully saturated rings. The van der Waals surface area contributed by atoms with Crippen molar-refractivity contribution in [2.24, 2.45) is 5.73 Å². The smallest absolute Gasteiger partial charge is 0.251 e. The summed E-state index contributed by atoms with van der Waals surface area (Å²) in [5, 5.41) is 8.40. The summed E-state index contributed by atoms with van der Waals surface area (Å²) in [5.74, 6) is 0. The van der Waals surface area contributed by atoms with Crippen LogP contribution >= 0.6 is 0 Å². The molecule has 0 aromatic rings. The molecule has 0 aromatic carbocycles. The van der Waals surface area contributed by atoms with E-state index in [0.717, 1.165) is 0 Å². The molecule has 14 heavy (non-hydrogen) atoms. The maximum absolute atomic E-state index is 12.0. The van der Waals surface area contributed by atoms with Crippen LogP contribution in [-0.4, -0.2) is 62.4 Å². The van der Waals surface area contributed by atoms with Gasteiger partial charge >= 0.3 is 0 Å². The van der Waals surface area contributed by atoms with Crippen LogP contribution in [0.4, 0.5) is 8.78 Å². The quantitative estimate of drug-likeness (QED) is 0.507. The molecular formula is C8H18F2N2O2. The van der Waals surface area contributed by atoms with Crippen LogP contribution in [0.3, 0.4) is 0 Å². The molecule has 0 rings (SSSR count). The van der Waals surface area contributed by atoms with Crippen molar-refractivity contribution < 1.29 is 18.6 Å². The van der Waals surface area contributed by atoms with Crippen LogP contribution in [-0.2, 0) is 4.74 Å². The lowest BCUT2D eigenvalue weighted by molar-refractivity contribution is 0.0489. The molecule has 86 valence electrons. The highest BCUT2D eigenvalue weighted by Gasteiger charge is 2.10. The molecule has 0 bridgehead atoms. The lowest BCUT2D eigenvalue weighted by atomic mass is 10.4. The van der Waals surface area contributed by atoms with Crippen LogP contribution in [0.1, 0.15) is 0 Å². The minimum atomic E-state index is -2.35. The van der Waals surface area contributed by atoms with Gasteiger partial charge in [-0.15, -0.1) is 0 Å². The summed E-state index contributed by atoms with van der Waals surface area (Å²) in [6, 6.07) is 0. The minimum Gasteiger partial charge on any atom is -0.394 e. The predicted octanol–water partition coefficient (Wildman–Crippen LogP) is -0.479. The van der Waals surface area contributed by atoms with E-state index in [1.807, 2.05) is 0 Å². The van der Waals surface area contributed by atoms with Crippen LogP contribution in [0.15, 0.2) is 0 Å². The zero-order valence-electron chi connectivity index (χ0n) is 8.16. The lowest BCUT2D eigenvalue weighted by Crippen LogP contribution is -2.36. The molecule has 0 radical (unpaired) electrons. The first kappa shape index (κ1) is 13.7. The van der Waals surface area contributed by atoms with E-state index in [-0.39, 0.29) is 19.8 Å². The molecule has 0 spiro atoms. The molecule has 0 aliphatic heterocycles. The Morgan fingerprint density at radius 2 is 2.00 bits per heavy atom. The van der Waals surface area contributed by atoms with Gasteiger partial charge in [-0.3, -0.25) is 4.90 Å². The van der Waals surface area contributed by atoms with Gasteiger partial charge in [0.2, 0.25) is 0 Å². The van der Waals surface area contributed by atoms with Crippen molar-refractivity contribution in [2.45, 2.75) is 6.43 Å². The standard InChI is InChI=1S/C8H18F2N2O2/c9-8(10)7-12(2-1-11)3-5-14-6-4-13/h8,13H,1-7,11H2. The molecule has 4 nitrogen and oxygen atoms in total. The maximum atomic E-state index is 12.0. The highest BCUT2D eigenvalue weighted by atomic mass is 19.3. The van der Waals surface area contributed by atoms with Gasteiger partial charge in [0.05, 0.1) is 26.4 Å². The van der Waals surface area contributed by atoms with Crippen LogP contribution in [0.2, 0.25) is 0 Å². The Hall–Kier alpha value is -0.300.